The molecule has 16 heavy (non-hydrogen) atoms. The van der Waals surface area contributed by atoms with E-state index in [1.165, 1.54) is 5.56 Å². The molecule has 2 atom stereocenters. The van der Waals surface area contributed by atoms with Gasteiger partial charge in [-0.1, -0.05) is 30.3 Å². The first-order chi connectivity index (χ1) is 7.36. The van der Waals surface area contributed by atoms with Crippen molar-refractivity contribution in [3.05, 3.63) is 35.9 Å². The van der Waals surface area contributed by atoms with Gasteiger partial charge >= 0.3 is 0 Å². The van der Waals surface area contributed by atoms with E-state index >= 15 is 0 Å². The van der Waals surface area contributed by atoms with Crippen molar-refractivity contribution >= 4 is 12.4 Å². The number of benzene rings is 1. The second-order valence-electron chi connectivity index (χ2n) is 3.99. The van der Waals surface area contributed by atoms with Crippen molar-refractivity contribution in [3.63, 3.8) is 0 Å². The molecule has 0 saturated carbocycles. The van der Waals surface area contributed by atoms with Crippen molar-refractivity contribution in [2.45, 2.75) is 12.7 Å². The largest absolute Gasteiger partial charge is 0.391 e. The molecule has 0 spiro atoms. The van der Waals surface area contributed by atoms with Gasteiger partial charge in [-0.05, 0) is 5.56 Å². The predicted octanol–water partition coefficient (Wildman–Crippen LogP) is 1.21. The van der Waals surface area contributed by atoms with Gasteiger partial charge in [-0.15, -0.1) is 12.4 Å². The third kappa shape index (κ3) is 3.76. The SMILES string of the molecule is Cl.O[C@H]1CNC[C@@H]1COCc1ccccc1. The fourth-order valence-electron chi connectivity index (χ4n) is 1.79. The third-order valence-corrected chi connectivity index (χ3v) is 2.75. The van der Waals surface area contributed by atoms with Crippen LogP contribution in [0.3, 0.4) is 0 Å². The molecule has 0 unspecified atom stereocenters. The van der Waals surface area contributed by atoms with Gasteiger partial charge in [0.05, 0.1) is 19.3 Å². The second-order valence-corrected chi connectivity index (χ2v) is 3.99. The maximum Gasteiger partial charge on any atom is 0.0726 e. The highest BCUT2D eigenvalue weighted by atomic mass is 35.5. The van der Waals surface area contributed by atoms with Crippen LogP contribution >= 0.6 is 12.4 Å². The van der Waals surface area contributed by atoms with Crippen molar-refractivity contribution in [2.75, 3.05) is 19.7 Å². The Morgan fingerprint density at radius 2 is 2.00 bits per heavy atom. The second kappa shape index (κ2) is 6.86. The number of hydrogen-bond donors (Lipinski definition) is 2. The lowest BCUT2D eigenvalue weighted by Gasteiger charge is -2.13. The molecule has 0 radical (unpaired) electrons. The first-order valence-electron chi connectivity index (χ1n) is 5.36. The zero-order chi connectivity index (χ0) is 10.5. The molecule has 3 nitrogen and oxygen atoms in total. The summed E-state index contributed by atoms with van der Waals surface area (Å²) in [4.78, 5) is 0. The van der Waals surface area contributed by atoms with E-state index in [0.717, 1.165) is 6.54 Å². The molecule has 1 aliphatic heterocycles. The number of β-amino-alcohol motifs (C(OH)–C–C–N with tert-alkyl or cyclic N) is 1. The van der Waals surface area contributed by atoms with Crippen LogP contribution in [0.4, 0.5) is 0 Å². The van der Waals surface area contributed by atoms with Gasteiger partial charge in [0.2, 0.25) is 0 Å². The number of ether oxygens (including phenoxy) is 1. The molecular formula is C12H18ClNO2. The van der Waals surface area contributed by atoms with Gasteiger partial charge in [0.15, 0.2) is 0 Å². The summed E-state index contributed by atoms with van der Waals surface area (Å²) in [5, 5.41) is 12.7. The lowest BCUT2D eigenvalue weighted by Crippen LogP contribution is -2.22. The summed E-state index contributed by atoms with van der Waals surface area (Å²) in [5.74, 6) is 0.244. The lowest BCUT2D eigenvalue weighted by atomic mass is 10.1. The van der Waals surface area contributed by atoms with E-state index in [0.29, 0.717) is 19.8 Å². The van der Waals surface area contributed by atoms with Crippen LogP contribution in [0.15, 0.2) is 30.3 Å². The van der Waals surface area contributed by atoms with E-state index in [4.69, 9.17) is 4.74 Å². The van der Waals surface area contributed by atoms with E-state index in [1.54, 1.807) is 0 Å². The Morgan fingerprint density at radius 1 is 1.25 bits per heavy atom. The molecule has 1 aromatic rings. The Hall–Kier alpha value is -0.610. The monoisotopic (exact) mass is 243 g/mol. The summed E-state index contributed by atoms with van der Waals surface area (Å²) < 4.78 is 5.57. The minimum atomic E-state index is -0.249. The average Bonchev–Trinajstić information content (AvgIpc) is 2.66. The van der Waals surface area contributed by atoms with Gasteiger partial charge in [-0.3, -0.25) is 0 Å². The predicted molar refractivity (Wildman–Crippen MR) is 65.7 cm³/mol. The standard InChI is InChI=1S/C12H17NO2.ClH/c14-12-7-13-6-11(12)9-15-8-10-4-2-1-3-5-10;/h1-5,11-14H,6-9H2;1H/t11-,12+;/m1./s1. The first-order valence-corrected chi connectivity index (χ1v) is 5.36. The van der Waals surface area contributed by atoms with Gasteiger partial charge in [-0.2, -0.15) is 0 Å². The molecule has 1 aliphatic rings. The minimum Gasteiger partial charge on any atom is -0.391 e. The fourth-order valence-corrected chi connectivity index (χ4v) is 1.79. The minimum absolute atomic E-state index is 0. The summed E-state index contributed by atoms with van der Waals surface area (Å²) in [6.07, 6.45) is -0.249. The Balaban J connectivity index is 0.00000128. The third-order valence-electron chi connectivity index (χ3n) is 2.75. The molecule has 0 aliphatic carbocycles. The molecule has 2 N–H and O–H groups in total. The fraction of sp³-hybridized carbons (Fsp3) is 0.500. The molecule has 1 heterocycles. The number of nitrogens with one attached hydrogen (secondary N) is 1. The van der Waals surface area contributed by atoms with Gasteiger partial charge in [0.1, 0.15) is 0 Å². The van der Waals surface area contributed by atoms with Crippen LogP contribution in [0, 0.1) is 5.92 Å². The molecule has 0 aromatic heterocycles. The Kier molecular flexibility index (Phi) is 5.77. The molecule has 90 valence electrons. The van der Waals surface area contributed by atoms with Crippen LogP contribution in [0.25, 0.3) is 0 Å². The summed E-state index contributed by atoms with van der Waals surface area (Å²) in [5.41, 5.74) is 1.18. The van der Waals surface area contributed by atoms with Crippen molar-refractivity contribution in [1.29, 1.82) is 0 Å². The number of rotatable bonds is 4. The maximum atomic E-state index is 9.54. The molecular weight excluding hydrogens is 226 g/mol. The first kappa shape index (κ1) is 13.5. The van der Waals surface area contributed by atoms with Crippen LogP contribution in [0.2, 0.25) is 0 Å². The average molecular weight is 244 g/mol. The van der Waals surface area contributed by atoms with E-state index in [9.17, 15) is 5.11 Å². The summed E-state index contributed by atoms with van der Waals surface area (Å²) >= 11 is 0. The quantitative estimate of drug-likeness (QED) is 0.835. The molecule has 1 fully saturated rings. The van der Waals surface area contributed by atoms with Crippen LogP contribution in [0.1, 0.15) is 5.56 Å². The topological polar surface area (TPSA) is 41.5 Å². The van der Waals surface area contributed by atoms with Crippen molar-refractivity contribution in [2.24, 2.45) is 5.92 Å². The van der Waals surface area contributed by atoms with E-state index < -0.39 is 0 Å². The van der Waals surface area contributed by atoms with Crippen LogP contribution < -0.4 is 5.32 Å². The maximum absolute atomic E-state index is 9.54. The highest BCUT2D eigenvalue weighted by Crippen LogP contribution is 2.10. The smallest absolute Gasteiger partial charge is 0.0726 e. The molecule has 2 rings (SSSR count). The number of hydrogen-bond acceptors (Lipinski definition) is 3. The van der Waals surface area contributed by atoms with Gasteiger partial charge < -0.3 is 15.2 Å². The van der Waals surface area contributed by atoms with Crippen molar-refractivity contribution in [3.8, 4) is 0 Å². The van der Waals surface area contributed by atoms with E-state index in [1.807, 2.05) is 30.3 Å². The zero-order valence-electron chi connectivity index (χ0n) is 9.13. The highest BCUT2D eigenvalue weighted by molar-refractivity contribution is 5.85. The Bertz CT molecular complexity index is 294. The zero-order valence-corrected chi connectivity index (χ0v) is 9.95. The van der Waals surface area contributed by atoms with Gasteiger partial charge in [-0.25, -0.2) is 0 Å². The molecule has 4 heteroatoms. The Labute approximate surface area is 102 Å². The normalized spacial score (nSPS) is 24.1. The summed E-state index contributed by atoms with van der Waals surface area (Å²) in [7, 11) is 0. The molecule has 1 saturated heterocycles. The van der Waals surface area contributed by atoms with Gasteiger partial charge in [0, 0.05) is 19.0 Å². The number of aliphatic hydroxyl groups is 1. The van der Waals surface area contributed by atoms with Crippen LogP contribution in [-0.2, 0) is 11.3 Å². The molecule has 0 bridgehead atoms. The van der Waals surface area contributed by atoms with Crippen molar-refractivity contribution < 1.29 is 9.84 Å². The lowest BCUT2D eigenvalue weighted by molar-refractivity contribution is 0.0449. The number of halogens is 1. The Morgan fingerprint density at radius 3 is 2.62 bits per heavy atom. The number of aliphatic hydroxyl groups excluding tert-OH is 1. The summed E-state index contributed by atoms with van der Waals surface area (Å²) in [6.45, 7) is 2.81. The van der Waals surface area contributed by atoms with Gasteiger partial charge in [0.25, 0.3) is 0 Å². The summed E-state index contributed by atoms with van der Waals surface area (Å²) in [6, 6.07) is 10.1. The molecule has 1 aromatic carbocycles. The van der Waals surface area contributed by atoms with Crippen molar-refractivity contribution in [1.82, 2.24) is 5.32 Å². The van der Waals surface area contributed by atoms with E-state index in [-0.39, 0.29) is 24.4 Å². The highest BCUT2D eigenvalue weighted by Gasteiger charge is 2.24. The molecule has 0 amide bonds. The van der Waals surface area contributed by atoms with Crippen LogP contribution in [0.5, 0.6) is 0 Å². The van der Waals surface area contributed by atoms with E-state index in [2.05, 4.69) is 5.32 Å². The van der Waals surface area contributed by atoms with Crippen LogP contribution in [-0.4, -0.2) is 30.9 Å².